The van der Waals surface area contributed by atoms with Crippen LogP contribution in [-0.2, 0) is 11.3 Å². The van der Waals surface area contributed by atoms with Gasteiger partial charge in [-0.15, -0.1) is 0 Å². The number of piperidine rings is 1. The second-order valence-corrected chi connectivity index (χ2v) is 6.20. The summed E-state index contributed by atoms with van der Waals surface area (Å²) in [6, 6.07) is 10.1. The van der Waals surface area contributed by atoms with Crippen molar-refractivity contribution in [3.63, 3.8) is 0 Å². The van der Waals surface area contributed by atoms with Gasteiger partial charge in [-0.3, -0.25) is 4.79 Å². The van der Waals surface area contributed by atoms with Crippen LogP contribution in [0, 0.1) is 11.3 Å². The number of fused-ring (bicyclic) bond motifs is 2. The van der Waals surface area contributed by atoms with Crippen LogP contribution in [0.15, 0.2) is 36.5 Å². The number of carbonyl (C=O) groups is 1. The van der Waals surface area contributed by atoms with E-state index in [4.69, 9.17) is 0 Å². The molecule has 20 heavy (non-hydrogen) atoms. The van der Waals surface area contributed by atoms with Gasteiger partial charge in [0.05, 0.1) is 6.61 Å². The zero-order valence-electron chi connectivity index (χ0n) is 11.3. The van der Waals surface area contributed by atoms with Gasteiger partial charge in [-0.25, -0.2) is 0 Å². The number of nitrogens with zero attached hydrogens (tertiary/aromatic N) is 2. The van der Waals surface area contributed by atoms with Crippen molar-refractivity contribution in [3.8, 4) is 0 Å². The van der Waals surface area contributed by atoms with E-state index in [-0.39, 0.29) is 17.9 Å². The molecule has 4 rings (SSSR count). The van der Waals surface area contributed by atoms with Gasteiger partial charge in [0, 0.05) is 30.2 Å². The monoisotopic (exact) mass is 270 g/mol. The molecule has 1 saturated carbocycles. The standard InChI is InChI=1S/C16H18N2O2/c19-11-16-7-13(16)8-18(10-16)15(20)9-17-6-5-12-3-1-2-4-14(12)17/h1-6,13,19H,7-11H2/t13-,16+/m1/s1. The minimum atomic E-state index is 0.0361. The smallest absolute Gasteiger partial charge is 0.242 e. The molecule has 1 aliphatic carbocycles. The number of aliphatic hydroxyl groups is 1. The van der Waals surface area contributed by atoms with Crippen molar-refractivity contribution in [2.75, 3.05) is 19.7 Å². The van der Waals surface area contributed by atoms with Crippen molar-refractivity contribution in [1.29, 1.82) is 0 Å². The predicted molar refractivity (Wildman–Crippen MR) is 76.1 cm³/mol. The van der Waals surface area contributed by atoms with Crippen LogP contribution in [0.5, 0.6) is 0 Å². The van der Waals surface area contributed by atoms with E-state index in [9.17, 15) is 9.90 Å². The highest BCUT2D eigenvalue weighted by atomic mass is 16.3. The second-order valence-electron chi connectivity index (χ2n) is 6.20. The van der Waals surface area contributed by atoms with Gasteiger partial charge in [-0.05, 0) is 29.9 Å². The third-order valence-electron chi connectivity index (χ3n) is 4.96. The van der Waals surface area contributed by atoms with Crippen molar-refractivity contribution >= 4 is 16.8 Å². The van der Waals surface area contributed by atoms with Crippen molar-refractivity contribution in [2.24, 2.45) is 11.3 Å². The lowest BCUT2D eigenvalue weighted by Gasteiger charge is -2.20. The minimum Gasteiger partial charge on any atom is -0.396 e. The molecule has 0 spiro atoms. The molecule has 1 aromatic carbocycles. The first kappa shape index (κ1) is 12.0. The summed E-state index contributed by atoms with van der Waals surface area (Å²) in [7, 11) is 0. The summed E-state index contributed by atoms with van der Waals surface area (Å²) < 4.78 is 2.01. The highest BCUT2D eigenvalue weighted by molar-refractivity contribution is 5.83. The fraction of sp³-hybridized carbons (Fsp3) is 0.438. The minimum absolute atomic E-state index is 0.0361. The number of amides is 1. The van der Waals surface area contributed by atoms with Gasteiger partial charge in [-0.1, -0.05) is 18.2 Å². The number of para-hydroxylation sites is 1. The predicted octanol–water partition coefficient (Wildman–Crippen LogP) is 1.48. The van der Waals surface area contributed by atoms with Gasteiger partial charge < -0.3 is 14.6 Å². The normalized spacial score (nSPS) is 27.9. The Morgan fingerprint density at radius 3 is 3.00 bits per heavy atom. The molecule has 2 heterocycles. The number of benzene rings is 1. The Morgan fingerprint density at radius 1 is 1.35 bits per heavy atom. The first-order valence-corrected chi connectivity index (χ1v) is 7.14. The third kappa shape index (κ3) is 1.68. The number of carbonyl (C=O) groups excluding carboxylic acids is 1. The quantitative estimate of drug-likeness (QED) is 0.918. The summed E-state index contributed by atoms with van der Waals surface area (Å²) in [5.74, 6) is 0.684. The Balaban J connectivity index is 1.51. The van der Waals surface area contributed by atoms with Crippen LogP contribution in [0.3, 0.4) is 0 Å². The maximum absolute atomic E-state index is 12.4. The molecule has 1 N–H and O–H groups in total. The third-order valence-corrected chi connectivity index (χ3v) is 4.96. The number of aliphatic hydroxyl groups excluding tert-OH is 1. The zero-order valence-corrected chi connectivity index (χ0v) is 11.3. The van der Waals surface area contributed by atoms with Gasteiger partial charge in [0.25, 0.3) is 0 Å². The van der Waals surface area contributed by atoms with Gasteiger partial charge in [0.1, 0.15) is 6.54 Å². The van der Waals surface area contributed by atoms with Crippen LogP contribution in [-0.4, -0.2) is 40.2 Å². The van der Waals surface area contributed by atoms with E-state index >= 15 is 0 Å². The van der Waals surface area contributed by atoms with E-state index in [1.807, 2.05) is 39.9 Å². The van der Waals surface area contributed by atoms with Crippen molar-refractivity contribution in [1.82, 2.24) is 9.47 Å². The fourth-order valence-electron chi connectivity index (χ4n) is 3.55. The molecule has 2 aromatic rings. The Kier molecular flexibility index (Phi) is 2.45. The van der Waals surface area contributed by atoms with Crippen molar-refractivity contribution in [2.45, 2.75) is 13.0 Å². The molecular weight excluding hydrogens is 252 g/mol. The molecule has 0 unspecified atom stereocenters. The lowest BCUT2D eigenvalue weighted by Crippen LogP contribution is -2.35. The largest absolute Gasteiger partial charge is 0.396 e. The molecule has 4 heteroatoms. The van der Waals surface area contributed by atoms with Crippen LogP contribution in [0.4, 0.5) is 0 Å². The van der Waals surface area contributed by atoms with E-state index < -0.39 is 0 Å². The van der Waals surface area contributed by atoms with Crippen LogP contribution in [0.1, 0.15) is 6.42 Å². The van der Waals surface area contributed by atoms with Gasteiger partial charge in [-0.2, -0.15) is 0 Å². The van der Waals surface area contributed by atoms with Crippen LogP contribution in [0.25, 0.3) is 10.9 Å². The molecule has 1 aromatic heterocycles. The summed E-state index contributed by atoms with van der Waals surface area (Å²) in [5, 5.41) is 10.6. The Bertz CT molecular complexity index is 674. The van der Waals surface area contributed by atoms with Crippen LogP contribution in [0.2, 0.25) is 0 Å². The molecule has 2 fully saturated rings. The highest BCUT2D eigenvalue weighted by Crippen LogP contribution is 2.57. The highest BCUT2D eigenvalue weighted by Gasteiger charge is 2.60. The Labute approximate surface area is 117 Å². The summed E-state index contributed by atoms with van der Waals surface area (Å²) in [6.45, 7) is 2.15. The van der Waals surface area contributed by atoms with Gasteiger partial charge in [0.15, 0.2) is 0 Å². The number of rotatable bonds is 3. The average Bonchev–Trinajstić information content (AvgIpc) is 2.84. The van der Waals surface area contributed by atoms with Gasteiger partial charge in [0.2, 0.25) is 5.91 Å². The van der Waals surface area contributed by atoms with Crippen molar-refractivity contribution < 1.29 is 9.90 Å². The SMILES string of the molecule is O=C(Cn1ccc2ccccc21)N1C[C@H]2C[C@@]2(CO)C1. The van der Waals surface area contributed by atoms with E-state index in [2.05, 4.69) is 6.07 Å². The van der Waals surface area contributed by atoms with E-state index in [0.717, 1.165) is 30.4 Å². The van der Waals surface area contributed by atoms with Crippen LogP contribution < -0.4 is 0 Å². The first-order chi connectivity index (χ1) is 9.72. The molecule has 1 saturated heterocycles. The topological polar surface area (TPSA) is 45.5 Å². The fourth-order valence-corrected chi connectivity index (χ4v) is 3.55. The lowest BCUT2D eigenvalue weighted by molar-refractivity contribution is -0.131. The Hall–Kier alpha value is -1.81. The average molecular weight is 270 g/mol. The molecular formula is C16H18N2O2. The zero-order chi connectivity index (χ0) is 13.7. The molecule has 104 valence electrons. The lowest BCUT2D eigenvalue weighted by atomic mass is 10.1. The summed E-state index contributed by atoms with van der Waals surface area (Å²) in [6.07, 6.45) is 3.06. The summed E-state index contributed by atoms with van der Waals surface area (Å²) in [5.41, 5.74) is 1.14. The molecule has 4 nitrogen and oxygen atoms in total. The van der Waals surface area contributed by atoms with Crippen LogP contribution >= 0.6 is 0 Å². The molecule has 0 bridgehead atoms. The maximum atomic E-state index is 12.4. The molecule has 2 aliphatic rings. The number of aromatic nitrogens is 1. The first-order valence-electron chi connectivity index (χ1n) is 7.14. The number of hydrogen-bond acceptors (Lipinski definition) is 2. The van der Waals surface area contributed by atoms with Crippen molar-refractivity contribution in [3.05, 3.63) is 36.5 Å². The summed E-state index contributed by atoms with van der Waals surface area (Å²) in [4.78, 5) is 14.3. The second kappa shape index (κ2) is 4.09. The van der Waals surface area contributed by atoms with Gasteiger partial charge >= 0.3 is 0 Å². The molecule has 0 radical (unpaired) electrons. The summed E-state index contributed by atoms with van der Waals surface area (Å²) >= 11 is 0. The molecule has 2 atom stereocenters. The Morgan fingerprint density at radius 2 is 2.20 bits per heavy atom. The van der Waals surface area contributed by atoms with E-state index in [1.54, 1.807) is 0 Å². The van der Waals surface area contributed by atoms with E-state index in [0.29, 0.717) is 12.5 Å². The number of likely N-dealkylation sites (tertiary alicyclic amines) is 1. The number of hydrogen-bond donors (Lipinski definition) is 1. The molecule has 1 aliphatic heterocycles. The van der Waals surface area contributed by atoms with E-state index in [1.165, 1.54) is 0 Å². The molecule has 1 amide bonds. The maximum Gasteiger partial charge on any atom is 0.242 e.